The standard InChI is InChI=1S/C10H7Cl2F3/c11-6-8(9(12)10(13,14)15)7-4-2-1-3-5-7/h1-5H,6H2/b9-8+. The SMILES string of the molecule is FC(F)(F)/C(Cl)=C(/CCl)c1ccccc1. The van der Waals surface area contributed by atoms with Crippen LogP contribution in [0.1, 0.15) is 5.56 Å². The summed E-state index contributed by atoms with van der Waals surface area (Å²) in [4.78, 5) is 0. The first-order valence-electron chi connectivity index (χ1n) is 4.04. The summed E-state index contributed by atoms with van der Waals surface area (Å²) in [5, 5.41) is -1.16. The molecule has 0 aliphatic heterocycles. The molecular formula is C10H7Cl2F3. The van der Waals surface area contributed by atoms with Crippen molar-refractivity contribution in [1.29, 1.82) is 0 Å². The lowest BCUT2D eigenvalue weighted by Gasteiger charge is -2.10. The summed E-state index contributed by atoms with van der Waals surface area (Å²) in [6, 6.07) is 8.03. The molecular weight excluding hydrogens is 248 g/mol. The van der Waals surface area contributed by atoms with Crippen LogP contribution in [0.4, 0.5) is 13.2 Å². The maximum atomic E-state index is 12.3. The summed E-state index contributed by atoms with van der Waals surface area (Å²) in [6.45, 7) is 0. The van der Waals surface area contributed by atoms with Crippen LogP contribution in [0, 0.1) is 0 Å². The number of allylic oxidation sites excluding steroid dienone is 2. The van der Waals surface area contributed by atoms with Crippen LogP contribution >= 0.6 is 23.2 Å². The third-order valence-electron chi connectivity index (χ3n) is 1.77. The van der Waals surface area contributed by atoms with Crippen LogP contribution in [0.3, 0.4) is 0 Å². The summed E-state index contributed by atoms with van der Waals surface area (Å²) >= 11 is 10.7. The zero-order valence-corrected chi connectivity index (χ0v) is 9.00. The number of hydrogen-bond acceptors (Lipinski definition) is 0. The first-order valence-corrected chi connectivity index (χ1v) is 4.95. The highest BCUT2D eigenvalue weighted by atomic mass is 35.5. The van der Waals surface area contributed by atoms with E-state index in [1.54, 1.807) is 18.2 Å². The van der Waals surface area contributed by atoms with Gasteiger partial charge in [-0.25, -0.2) is 0 Å². The Morgan fingerprint density at radius 1 is 1.13 bits per heavy atom. The maximum absolute atomic E-state index is 12.3. The van der Waals surface area contributed by atoms with E-state index in [0.717, 1.165) is 0 Å². The van der Waals surface area contributed by atoms with Crippen LogP contribution in [-0.4, -0.2) is 12.1 Å². The minimum absolute atomic E-state index is 0.105. The average molecular weight is 255 g/mol. The van der Waals surface area contributed by atoms with Gasteiger partial charge in [0.2, 0.25) is 0 Å². The van der Waals surface area contributed by atoms with Gasteiger partial charge in [0, 0.05) is 5.88 Å². The van der Waals surface area contributed by atoms with E-state index >= 15 is 0 Å². The van der Waals surface area contributed by atoms with E-state index in [0.29, 0.717) is 5.56 Å². The topological polar surface area (TPSA) is 0 Å². The Bertz CT molecular complexity index is 355. The maximum Gasteiger partial charge on any atom is 0.427 e. The van der Waals surface area contributed by atoms with Gasteiger partial charge in [0.15, 0.2) is 0 Å². The van der Waals surface area contributed by atoms with Gasteiger partial charge < -0.3 is 0 Å². The highest BCUT2D eigenvalue weighted by Crippen LogP contribution is 2.35. The Labute approximate surface area is 95.3 Å². The van der Waals surface area contributed by atoms with Crippen LogP contribution in [0.15, 0.2) is 35.4 Å². The molecule has 0 nitrogen and oxygen atoms in total. The predicted octanol–water partition coefficient (Wildman–Crippen LogP) is 4.44. The largest absolute Gasteiger partial charge is 0.427 e. The summed E-state index contributed by atoms with van der Waals surface area (Å²) in [5.74, 6) is -0.275. The number of alkyl halides is 4. The molecule has 0 spiro atoms. The Balaban J connectivity index is 3.20. The molecule has 0 saturated heterocycles. The smallest absolute Gasteiger partial charge is 0.165 e. The minimum Gasteiger partial charge on any atom is -0.165 e. The third-order valence-corrected chi connectivity index (χ3v) is 2.48. The van der Waals surface area contributed by atoms with E-state index < -0.39 is 11.2 Å². The molecule has 1 aromatic rings. The summed E-state index contributed by atoms with van der Waals surface area (Å²) in [6.07, 6.45) is -4.55. The van der Waals surface area contributed by atoms with Crippen LogP contribution in [-0.2, 0) is 0 Å². The molecule has 0 radical (unpaired) electrons. The Hall–Kier alpha value is -0.670. The van der Waals surface area contributed by atoms with E-state index in [-0.39, 0.29) is 11.5 Å². The molecule has 0 aliphatic rings. The number of halogens is 5. The first-order chi connectivity index (χ1) is 6.96. The van der Waals surface area contributed by atoms with Gasteiger partial charge >= 0.3 is 6.18 Å². The first kappa shape index (κ1) is 12.4. The molecule has 0 bridgehead atoms. The zero-order valence-electron chi connectivity index (χ0n) is 7.48. The van der Waals surface area contributed by atoms with Gasteiger partial charge in [-0.05, 0) is 11.1 Å². The summed E-state index contributed by atoms with van der Waals surface area (Å²) < 4.78 is 37.0. The van der Waals surface area contributed by atoms with Crippen molar-refractivity contribution in [3.8, 4) is 0 Å². The molecule has 1 rings (SSSR count). The second-order valence-electron chi connectivity index (χ2n) is 2.79. The van der Waals surface area contributed by atoms with Crippen molar-refractivity contribution in [3.05, 3.63) is 40.9 Å². The highest BCUT2D eigenvalue weighted by molar-refractivity contribution is 6.35. The highest BCUT2D eigenvalue weighted by Gasteiger charge is 2.35. The molecule has 0 unspecified atom stereocenters. The van der Waals surface area contributed by atoms with Crippen molar-refractivity contribution in [1.82, 2.24) is 0 Å². The summed E-state index contributed by atoms with van der Waals surface area (Å²) in [5.41, 5.74) is 0.279. The normalized spacial score (nSPS) is 13.7. The fourth-order valence-electron chi connectivity index (χ4n) is 1.07. The van der Waals surface area contributed by atoms with Crippen LogP contribution < -0.4 is 0 Å². The van der Waals surface area contributed by atoms with E-state index in [1.165, 1.54) is 12.1 Å². The fraction of sp³-hybridized carbons (Fsp3) is 0.200. The van der Waals surface area contributed by atoms with Crippen LogP contribution in [0.2, 0.25) is 0 Å². The van der Waals surface area contributed by atoms with Gasteiger partial charge in [0.25, 0.3) is 0 Å². The monoisotopic (exact) mass is 254 g/mol. The van der Waals surface area contributed by atoms with E-state index in [4.69, 9.17) is 23.2 Å². The Morgan fingerprint density at radius 3 is 2.07 bits per heavy atom. The molecule has 1 aromatic carbocycles. The van der Waals surface area contributed by atoms with Gasteiger partial charge in [0.1, 0.15) is 5.03 Å². The average Bonchev–Trinajstić information content (AvgIpc) is 2.19. The second kappa shape index (κ2) is 4.90. The fourth-order valence-corrected chi connectivity index (χ4v) is 1.61. The number of benzene rings is 1. The van der Waals surface area contributed by atoms with Crippen molar-refractivity contribution in [2.24, 2.45) is 0 Å². The number of rotatable bonds is 2. The molecule has 0 fully saturated rings. The molecule has 0 aromatic heterocycles. The van der Waals surface area contributed by atoms with Gasteiger partial charge in [-0.2, -0.15) is 13.2 Å². The van der Waals surface area contributed by atoms with Crippen molar-refractivity contribution in [2.45, 2.75) is 6.18 Å². The van der Waals surface area contributed by atoms with Crippen LogP contribution in [0.5, 0.6) is 0 Å². The lowest BCUT2D eigenvalue weighted by atomic mass is 10.1. The van der Waals surface area contributed by atoms with E-state index in [1.807, 2.05) is 0 Å². The second-order valence-corrected chi connectivity index (χ2v) is 3.44. The summed E-state index contributed by atoms with van der Waals surface area (Å²) in [7, 11) is 0. The number of hydrogen-bond donors (Lipinski definition) is 0. The third kappa shape index (κ3) is 3.14. The Kier molecular flexibility index (Phi) is 4.05. The minimum atomic E-state index is -4.55. The van der Waals surface area contributed by atoms with E-state index in [9.17, 15) is 13.2 Å². The van der Waals surface area contributed by atoms with Crippen molar-refractivity contribution in [2.75, 3.05) is 5.88 Å². The lowest BCUT2D eigenvalue weighted by Crippen LogP contribution is -2.10. The Morgan fingerprint density at radius 2 is 1.67 bits per heavy atom. The predicted molar refractivity (Wildman–Crippen MR) is 56.0 cm³/mol. The quantitative estimate of drug-likeness (QED) is 0.685. The molecule has 5 heteroatoms. The van der Waals surface area contributed by atoms with Gasteiger partial charge in [0.05, 0.1) is 0 Å². The van der Waals surface area contributed by atoms with Crippen LogP contribution in [0.25, 0.3) is 5.57 Å². The molecule has 82 valence electrons. The molecule has 0 N–H and O–H groups in total. The van der Waals surface area contributed by atoms with E-state index in [2.05, 4.69) is 0 Å². The molecule has 0 atom stereocenters. The molecule has 0 amide bonds. The molecule has 0 heterocycles. The zero-order chi connectivity index (χ0) is 11.5. The van der Waals surface area contributed by atoms with Gasteiger partial charge in [-0.1, -0.05) is 41.9 Å². The van der Waals surface area contributed by atoms with Crippen molar-refractivity contribution >= 4 is 28.8 Å². The van der Waals surface area contributed by atoms with Crippen molar-refractivity contribution < 1.29 is 13.2 Å². The van der Waals surface area contributed by atoms with Crippen molar-refractivity contribution in [3.63, 3.8) is 0 Å². The molecule has 0 aliphatic carbocycles. The van der Waals surface area contributed by atoms with Gasteiger partial charge in [-0.15, -0.1) is 11.6 Å². The molecule has 15 heavy (non-hydrogen) atoms. The van der Waals surface area contributed by atoms with Gasteiger partial charge in [-0.3, -0.25) is 0 Å². The molecule has 0 saturated carbocycles. The lowest BCUT2D eigenvalue weighted by molar-refractivity contribution is -0.0840.